The van der Waals surface area contributed by atoms with Crippen LogP contribution in [0, 0.1) is 9.85 Å². The second-order valence-corrected chi connectivity index (χ2v) is 4.55. The highest BCUT2D eigenvalue weighted by Gasteiger charge is 2.13. The SMILES string of the molecule is C[N+](C)(CC#CI)Cc1ccccc1. The quantitative estimate of drug-likeness (QED) is 0.457. The van der Waals surface area contributed by atoms with E-state index in [-0.39, 0.29) is 0 Å². The van der Waals surface area contributed by atoms with Crippen molar-refractivity contribution in [2.45, 2.75) is 6.54 Å². The van der Waals surface area contributed by atoms with Gasteiger partial charge < -0.3 is 4.48 Å². The number of benzene rings is 1. The van der Waals surface area contributed by atoms with Gasteiger partial charge in [0.15, 0.2) is 0 Å². The van der Waals surface area contributed by atoms with E-state index in [2.05, 4.69) is 70.8 Å². The third kappa shape index (κ3) is 4.12. The maximum Gasteiger partial charge on any atom is 0.141 e. The van der Waals surface area contributed by atoms with Crippen LogP contribution in [0.15, 0.2) is 30.3 Å². The van der Waals surface area contributed by atoms with Crippen LogP contribution in [0.5, 0.6) is 0 Å². The molecule has 1 aromatic carbocycles. The fourth-order valence-corrected chi connectivity index (χ4v) is 1.55. The van der Waals surface area contributed by atoms with Crippen LogP contribution in [-0.2, 0) is 6.54 Å². The van der Waals surface area contributed by atoms with Gasteiger partial charge >= 0.3 is 0 Å². The second kappa shape index (κ2) is 5.38. The van der Waals surface area contributed by atoms with Gasteiger partial charge in [-0.25, -0.2) is 0 Å². The van der Waals surface area contributed by atoms with Crippen molar-refractivity contribution in [2.75, 3.05) is 20.6 Å². The van der Waals surface area contributed by atoms with Gasteiger partial charge in [-0.05, 0) is 9.85 Å². The molecule has 0 spiro atoms. The summed E-state index contributed by atoms with van der Waals surface area (Å²) in [6.07, 6.45) is 0. The zero-order chi connectivity index (χ0) is 10.4. The highest BCUT2D eigenvalue weighted by atomic mass is 127. The molecule has 0 aliphatic carbocycles. The normalized spacial score (nSPS) is 10.5. The van der Waals surface area contributed by atoms with Gasteiger partial charge in [0.2, 0.25) is 0 Å². The molecule has 2 heteroatoms. The number of hydrogen-bond donors (Lipinski definition) is 0. The van der Waals surface area contributed by atoms with E-state index in [4.69, 9.17) is 0 Å². The Balaban J connectivity index is 2.62. The molecule has 0 bridgehead atoms. The molecule has 0 aromatic heterocycles. The number of halogens is 1. The van der Waals surface area contributed by atoms with E-state index in [9.17, 15) is 0 Å². The van der Waals surface area contributed by atoms with E-state index in [1.165, 1.54) is 5.56 Å². The lowest BCUT2D eigenvalue weighted by Gasteiger charge is -2.27. The first-order valence-electron chi connectivity index (χ1n) is 4.58. The second-order valence-electron chi connectivity index (χ2n) is 4.01. The van der Waals surface area contributed by atoms with E-state index in [1.54, 1.807) is 0 Å². The predicted octanol–water partition coefficient (Wildman–Crippen LogP) is 2.66. The maximum atomic E-state index is 3.12. The Kier molecular flexibility index (Phi) is 4.43. The first-order valence-corrected chi connectivity index (χ1v) is 5.66. The van der Waals surface area contributed by atoms with Crippen LogP contribution in [0.25, 0.3) is 0 Å². The Bertz CT molecular complexity index is 332. The van der Waals surface area contributed by atoms with Crippen LogP contribution in [0.3, 0.4) is 0 Å². The van der Waals surface area contributed by atoms with E-state index < -0.39 is 0 Å². The van der Waals surface area contributed by atoms with Gasteiger partial charge in [0, 0.05) is 28.2 Å². The summed E-state index contributed by atoms with van der Waals surface area (Å²) in [6.45, 7) is 1.93. The molecule has 0 heterocycles. The molecule has 1 rings (SSSR count). The summed E-state index contributed by atoms with van der Waals surface area (Å²) >= 11 is 2.09. The number of rotatable bonds is 3. The van der Waals surface area contributed by atoms with Crippen LogP contribution in [0.2, 0.25) is 0 Å². The summed E-state index contributed by atoms with van der Waals surface area (Å²) in [6, 6.07) is 10.5. The third-order valence-corrected chi connectivity index (χ3v) is 2.41. The van der Waals surface area contributed by atoms with E-state index >= 15 is 0 Å². The molecule has 0 aliphatic heterocycles. The molecular formula is C12H15IN+. The molecule has 0 saturated heterocycles. The molecule has 14 heavy (non-hydrogen) atoms. The summed E-state index contributed by atoms with van der Waals surface area (Å²) < 4.78 is 3.83. The van der Waals surface area contributed by atoms with E-state index in [1.807, 2.05) is 6.07 Å². The van der Waals surface area contributed by atoms with Gasteiger partial charge in [-0.15, -0.1) is 0 Å². The summed E-state index contributed by atoms with van der Waals surface area (Å²) in [5, 5.41) is 0. The minimum atomic E-state index is 0.901. The van der Waals surface area contributed by atoms with Crippen molar-refractivity contribution < 1.29 is 4.48 Å². The molecule has 0 unspecified atom stereocenters. The van der Waals surface area contributed by atoms with Crippen LogP contribution in [0.1, 0.15) is 5.56 Å². The van der Waals surface area contributed by atoms with E-state index in [0.29, 0.717) is 0 Å². The predicted molar refractivity (Wildman–Crippen MR) is 68.9 cm³/mol. The average Bonchev–Trinajstić information content (AvgIpc) is 2.16. The van der Waals surface area contributed by atoms with E-state index in [0.717, 1.165) is 17.6 Å². The van der Waals surface area contributed by atoms with Gasteiger partial charge in [-0.3, -0.25) is 0 Å². The smallest absolute Gasteiger partial charge is 0.141 e. The largest absolute Gasteiger partial charge is 0.315 e. The van der Waals surface area contributed by atoms with Crippen molar-refractivity contribution in [1.82, 2.24) is 0 Å². The van der Waals surface area contributed by atoms with Crippen LogP contribution >= 0.6 is 22.6 Å². The van der Waals surface area contributed by atoms with Crippen molar-refractivity contribution in [1.29, 1.82) is 0 Å². The van der Waals surface area contributed by atoms with Crippen molar-refractivity contribution in [3.05, 3.63) is 35.9 Å². The summed E-state index contributed by atoms with van der Waals surface area (Å²) in [5.41, 5.74) is 1.37. The topological polar surface area (TPSA) is 0 Å². The molecular weight excluding hydrogens is 285 g/mol. The minimum absolute atomic E-state index is 0.901. The molecule has 0 amide bonds. The molecule has 1 aromatic rings. The Morgan fingerprint density at radius 3 is 2.43 bits per heavy atom. The molecule has 0 fully saturated rings. The first-order chi connectivity index (χ1) is 6.64. The van der Waals surface area contributed by atoms with Crippen LogP contribution in [0.4, 0.5) is 0 Å². The highest BCUT2D eigenvalue weighted by Crippen LogP contribution is 2.07. The van der Waals surface area contributed by atoms with Gasteiger partial charge in [0.25, 0.3) is 0 Å². The number of hydrogen-bond acceptors (Lipinski definition) is 0. The number of quaternary nitrogens is 1. The van der Waals surface area contributed by atoms with Gasteiger partial charge in [-0.1, -0.05) is 30.3 Å². The van der Waals surface area contributed by atoms with Crippen molar-refractivity contribution in [2.24, 2.45) is 0 Å². The first kappa shape index (κ1) is 11.5. The molecule has 0 N–H and O–H groups in total. The minimum Gasteiger partial charge on any atom is -0.315 e. The molecule has 0 radical (unpaired) electrons. The lowest BCUT2D eigenvalue weighted by atomic mass is 10.2. The maximum absolute atomic E-state index is 3.12. The fraction of sp³-hybridized carbons (Fsp3) is 0.333. The Morgan fingerprint density at radius 2 is 1.86 bits per heavy atom. The summed E-state index contributed by atoms with van der Waals surface area (Å²) in [4.78, 5) is 0. The Hall–Kier alpha value is -0.530. The molecule has 0 atom stereocenters. The molecule has 0 aliphatic rings. The van der Waals surface area contributed by atoms with Gasteiger partial charge in [-0.2, -0.15) is 0 Å². The lowest BCUT2D eigenvalue weighted by molar-refractivity contribution is -0.896. The molecule has 74 valence electrons. The summed E-state index contributed by atoms with van der Waals surface area (Å²) in [5.74, 6) is 3.12. The Morgan fingerprint density at radius 1 is 1.21 bits per heavy atom. The Labute approximate surface area is 99.9 Å². The zero-order valence-corrected chi connectivity index (χ0v) is 10.8. The van der Waals surface area contributed by atoms with Crippen molar-refractivity contribution >= 4 is 22.6 Å². The molecule has 0 saturated carbocycles. The average molecular weight is 300 g/mol. The van der Waals surface area contributed by atoms with Gasteiger partial charge in [0.05, 0.1) is 14.1 Å². The van der Waals surface area contributed by atoms with Crippen molar-refractivity contribution in [3.63, 3.8) is 0 Å². The van der Waals surface area contributed by atoms with Crippen LogP contribution < -0.4 is 0 Å². The van der Waals surface area contributed by atoms with Crippen molar-refractivity contribution in [3.8, 4) is 9.85 Å². The standard InChI is InChI=1S/C12H15IN/c1-14(2,10-6-9-13)11-12-7-4-3-5-8-12/h3-5,7-8H,10-11H2,1-2H3/q+1. The van der Waals surface area contributed by atoms with Crippen LogP contribution in [-0.4, -0.2) is 25.1 Å². The third-order valence-electron chi connectivity index (χ3n) is 2.03. The number of nitrogens with zero attached hydrogens (tertiary/aromatic N) is 1. The summed E-state index contributed by atoms with van der Waals surface area (Å²) in [7, 11) is 4.40. The lowest BCUT2D eigenvalue weighted by Crippen LogP contribution is -2.38. The monoisotopic (exact) mass is 300 g/mol. The fourth-order valence-electron chi connectivity index (χ4n) is 1.38. The highest BCUT2D eigenvalue weighted by molar-refractivity contribution is 14.1. The zero-order valence-electron chi connectivity index (χ0n) is 8.63. The van der Waals surface area contributed by atoms with Gasteiger partial charge in [0.1, 0.15) is 13.1 Å². The molecule has 1 nitrogen and oxygen atoms in total.